The van der Waals surface area contributed by atoms with Crippen molar-refractivity contribution in [3.63, 3.8) is 0 Å². The molecule has 0 bridgehead atoms. The van der Waals surface area contributed by atoms with Crippen LogP contribution in [0.25, 0.3) is 0 Å². The molecule has 3 heterocycles. The minimum Gasteiger partial charge on any atom is -0.454 e. The molecule has 0 amide bonds. The highest BCUT2D eigenvalue weighted by molar-refractivity contribution is 5.79. The molecular weight excluding hydrogens is 344 g/mol. The van der Waals surface area contributed by atoms with Crippen molar-refractivity contribution >= 4 is 5.96 Å². The van der Waals surface area contributed by atoms with Gasteiger partial charge in [-0.15, -0.1) is 10.2 Å². The molecule has 0 radical (unpaired) electrons. The summed E-state index contributed by atoms with van der Waals surface area (Å²) in [6.07, 6.45) is 4.67. The molecule has 2 N–H and O–H groups in total. The van der Waals surface area contributed by atoms with Gasteiger partial charge in [-0.2, -0.15) is 0 Å². The van der Waals surface area contributed by atoms with Crippen LogP contribution in [0.2, 0.25) is 0 Å². The van der Waals surface area contributed by atoms with Crippen molar-refractivity contribution in [3.8, 4) is 11.5 Å². The van der Waals surface area contributed by atoms with Crippen LogP contribution in [-0.2, 0) is 26.1 Å². The van der Waals surface area contributed by atoms with Crippen molar-refractivity contribution in [2.24, 2.45) is 4.99 Å². The first-order chi connectivity index (χ1) is 13.3. The van der Waals surface area contributed by atoms with Crippen molar-refractivity contribution in [1.82, 2.24) is 25.4 Å². The third-order valence-electron chi connectivity index (χ3n) is 4.80. The maximum atomic E-state index is 5.43. The van der Waals surface area contributed by atoms with Crippen molar-refractivity contribution in [2.75, 3.05) is 13.3 Å². The average molecular weight is 370 g/mol. The zero-order chi connectivity index (χ0) is 18.5. The Bertz CT molecular complexity index is 817. The van der Waals surface area contributed by atoms with E-state index >= 15 is 0 Å². The summed E-state index contributed by atoms with van der Waals surface area (Å²) in [5.74, 6) is 4.42. The summed E-state index contributed by atoms with van der Waals surface area (Å²) >= 11 is 0. The second-order valence-corrected chi connectivity index (χ2v) is 6.73. The topological polar surface area (TPSA) is 85.6 Å². The van der Waals surface area contributed by atoms with Gasteiger partial charge in [0.2, 0.25) is 6.79 Å². The predicted octanol–water partition coefficient (Wildman–Crippen LogP) is 1.99. The molecule has 0 saturated carbocycles. The molecule has 0 atom stereocenters. The van der Waals surface area contributed by atoms with Crippen molar-refractivity contribution in [1.29, 1.82) is 0 Å². The number of hydrogen-bond acceptors (Lipinski definition) is 5. The summed E-state index contributed by atoms with van der Waals surface area (Å²) in [5, 5.41) is 15.4. The molecule has 0 saturated heterocycles. The minimum absolute atomic E-state index is 0.287. The molecule has 8 nitrogen and oxygen atoms in total. The molecule has 0 fully saturated rings. The van der Waals surface area contributed by atoms with E-state index in [0.29, 0.717) is 13.1 Å². The van der Waals surface area contributed by atoms with Gasteiger partial charge in [0, 0.05) is 19.5 Å². The Kier molecular flexibility index (Phi) is 5.41. The van der Waals surface area contributed by atoms with E-state index in [0.717, 1.165) is 54.2 Å². The molecule has 2 aliphatic heterocycles. The Balaban J connectivity index is 1.40. The number of fused-ring (bicyclic) bond motifs is 2. The highest BCUT2D eigenvalue weighted by Crippen LogP contribution is 2.32. The first kappa shape index (κ1) is 17.6. The quantitative estimate of drug-likeness (QED) is 0.618. The van der Waals surface area contributed by atoms with Crippen LogP contribution in [0, 0.1) is 0 Å². The summed E-state index contributed by atoms with van der Waals surface area (Å²) in [6, 6.07) is 5.92. The lowest BCUT2D eigenvalue weighted by Gasteiger charge is -2.12. The van der Waals surface area contributed by atoms with E-state index in [1.165, 1.54) is 19.3 Å². The maximum absolute atomic E-state index is 5.43. The number of benzene rings is 1. The third kappa shape index (κ3) is 4.15. The van der Waals surface area contributed by atoms with Gasteiger partial charge in [0.15, 0.2) is 23.3 Å². The van der Waals surface area contributed by atoms with Gasteiger partial charge < -0.3 is 24.7 Å². The molecule has 1 aromatic carbocycles. The van der Waals surface area contributed by atoms with E-state index < -0.39 is 0 Å². The van der Waals surface area contributed by atoms with E-state index in [-0.39, 0.29) is 6.79 Å². The normalized spacial score (nSPS) is 16.0. The van der Waals surface area contributed by atoms with Gasteiger partial charge in [-0.25, -0.2) is 4.99 Å². The molecule has 0 unspecified atom stereocenters. The summed E-state index contributed by atoms with van der Waals surface area (Å²) in [7, 11) is 0. The van der Waals surface area contributed by atoms with Crippen LogP contribution >= 0.6 is 0 Å². The van der Waals surface area contributed by atoms with Gasteiger partial charge in [0.05, 0.1) is 13.1 Å². The van der Waals surface area contributed by atoms with Crippen LogP contribution in [0.5, 0.6) is 11.5 Å². The number of nitrogens with one attached hydrogen (secondary N) is 2. The summed E-state index contributed by atoms with van der Waals surface area (Å²) in [5.41, 5.74) is 1.08. The summed E-state index contributed by atoms with van der Waals surface area (Å²) in [4.78, 5) is 4.68. The van der Waals surface area contributed by atoms with Gasteiger partial charge in [0.25, 0.3) is 0 Å². The molecule has 0 spiro atoms. The molecule has 8 heteroatoms. The lowest BCUT2D eigenvalue weighted by atomic mass is 10.2. The fourth-order valence-electron chi connectivity index (χ4n) is 3.39. The lowest BCUT2D eigenvalue weighted by molar-refractivity contribution is 0.174. The van der Waals surface area contributed by atoms with Crippen LogP contribution in [0.1, 0.15) is 43.4 Å². The Morgan fingerprint density at radius 3 is 3.00 bits per heavy atom. The number of rotatable bonds is 5. The Labute approximate surface area is 159 Å². The average Bonchev–Trinajstić information content (AvgIpc) is 3.24. The van der Waals surface area contributed by atoms with E-state index in [4.69, 9.17) is 9.47 Å². The van der Waals surface area contributed by atoms with Crippen LogP contribution in [0.3, 0.4) is 0 Å². The van der Waals surface area contributed by atoms with Crippen LogP contribution in [0.4, 0.5) is 0 Å². The SMILES string of the molecule is CCNC(=NCc1ccc2c(c1)OCO2)NCc1nnc2n1CCCCC2. The Hall–Kier alpha value is -2.77. The summed E-state index contributed by atoms with van der Waals surface area (Å²) in [6.45, 7) is 5.31. The number of ether oxygens (including phenoxy) is 2. The van der Waals surface area contributed by atoms with E-state index in [1.807, 2.05) is 18.2 Å². The minimum atomic E-state index is 0.287. The number of aromatic nitrogens is 3. The number of aliphatic imine (C=N–C) groups is 1. The zero-order valence-electron chi connectivity index (χ0n) is 15.7. The van der Waals surface area contributed by atoms with Crippen molar-refractivity contribution < 1.29 is 9.47 Å². The molecule has 4 rings (SSSR count). The Morgan fingerprint density at radius 1 is 1.15 bits per heavy atom. The second kappa shape index (κ2) is 8.28. The molecular formula is C19H26N6O2. The smallest absolute Gasteiger partial charge is 0.231 e. The standard InChI is InChI=1S/C19H26N6O2/c1-2-20-19(21-11-14-7-8-15-16(10-14)27-13-26-15)22-12-18-24-23-17-6-4-3-5-9-25(17)18/h7-8,10H,2-6,9,11-13H2,1H3,(H2,20,21,22). The van der Waals surface area contributed by atoms with Gasteiger partial charge in [-0.1, -0.05) is 12.5 Å². The van der Waals surface area contributed by atoms with Crippen LogP contribution in [0.15, 0.2) is 23.2 Å². The second-order valence-electron chi connectivity index (χ2n) is 6.73. The largest absolute Gasteiger partial charge is 0.454 e. The zero-order valence-corrected chi connectivity index (χ0v) is 15.7. The summed E-state index contributed by atoms with van der Waals surface area (Å²) < 4.78 is 13.0. The maximum Gasteiger partial charge on any atom is 0.231 e. The highest BCUT2D eigenvalue weighted by Gasteiger charge is 2.15. The number of guanidine groups is 1. The molecule has 27 heavy (non-hydrogen) atoms. The van der Waals surface area contributed by atoms with Gasteiger partial charge in [-0.3, -0.25) is 0 Å². The molecule has 2 aliphatic rings. The fraction of sp³-hybridized carbons (Fsp3) is 0.526. The lowest BCUT2D eigenvalue weighted by Crippen LogP contribution is -2.37. The van der Waals surface area contributed by atoms with E-state index in [1.54, 1.807) is 0 Å². The first-order valence-electron chi connectivity index (χ1n) is 9.65. The van der Waals surface area contributed by atoms with Crippen LogP contribution < -0.4 is 20.1 Å². The van der Waals surface area contributed by atoms with E-state index in [9.17, 15) is 0 Å². The third-order valence-corrected chi connectivity index (χ3v) is 4.80. The monoisotopic (exact) mass is 370 g/mol. The number of hydrogen-bond donors (Lipinski definition) is 2. The van der Waals surface area contributed by atoms with Crippen molar-refractivity contribution in [3.05, 3.63) is 35.4 Å². The predicted molar refractivity (Wildman–Crippen MR) is 102 cm³/mol. The Morgan fingerprint density at radius 2 is 2.07 bits per heavy atom. The van der Waals surface area contributed by atoms with E-state index in [2.05, 4.69) is 37.3 Å². The number of aryl methyl sites for hydroxylation is 1. The molecule has 1 aromatic heterocycles. The highest BCUT2D eigenvalue weighted by atomic mass is 16.7. The van der Waals surface area contributed by atoms with Gasteiger partial charge in [-0.05, 0) is 37.5 Å². The first-order valence-corrected chi connectivity index (χ1v) is 9.65. The van der Waals surface area contributed by atoms with Gasteiger partial charge in [0.1, 0.15) is 5.82 Å². The van der Waals surface area contributed by atoms with Crippen LogP contribution in [-0.4, -0.2) is 34.1 Å². The molecule has 0 aliphatic carbocycles. The van der Waals surface area contributed by atoms with Crippen molar-refractivity contribution in [2.45, 2.75) is 52.2 Å². The number of nitrogens with zero attached hydrogens (tertiary/aromatic N) is 4. The molecule has 144 valence electrons. The van der Waals surface area contributed by atoms with Gasteiger partial charge >= 0.3 is 0 Å². The molecule has 2 aromatic rings. The fourth-order valence-corrected chi connectivity index (χ4v) is 3.39.